The summed E-state index contributed by atoms with van der Waals surface area (Å²) in [5, 5.41) is 0. The summed E-state index contributed by atoms with van der Waals surface area (Å²) in [7, 11) is 0. The molecular formula is C15H28FNO2. The highest BCUT2D eigenvalue weighted by atomic mass is 19.1. The molecule has 0 aliphatic carbocycles. The van der Waals surface area contributed by atoms with E-state index in [0.29, 0.717) is 6.61 Å². The van der Waals surface area contributed by atoms with Crippen LogP contribution in [0.5, 0.6) is 0 Å². The monoisotopic (exact) mass is 273 g/mol. The van der Waals surface area contributed by atoms with Crippen molar-refractivity contribution in [3.05, 3.63) is 0 Å². The van der Waals surface area contributed by atoms with Crippen molar-refractivity contribution in [2.45, 2.75) is 57.7 Å². The number of nitrogens with two attached hydrogens (primary N) is 1. The van der Waals surface area contributed by atoms with Gasteiger partial charge >= 0.3 is 0 Å². The SMILES string of the molecule is CC(C)(C)C(F)(CN)C1CCOC2(CCOCC2)C1. The minimum absolute atomic E-state index is 0.00986. The van der Waals surface area contributed by atoms with Gasteiger partial charge in [0.15, 0.2) is 0 Å². The van der Waals surface area contributed by atoms with E-state index >= 15 is 4.39 Å². The van der Waals surface area contributed by atoms with Gasteiger partial charge in [0, 0.05) is 26.4 Å². The van der Waals surface area contributed by atoms with Crippen LogP contribution in [0.4, 0.5) is 4.39 Å². The van der Waals surface area contributed by atoms with Crippen LogP contribution in [0.15, 0.2) is 0 Å². The molecule has 0 aromatic rings. The van der Waals surface area contributed by atoms with Crippen LogP contribution in [0.2, 0.25) is 0 Å². The lowest BCUT2D eigenvalue weighted by Crippen LogP contribution is -2.56. The molecule has 2 N–H and O–H groups in total. The van der Waals surface area contributed by atoms with Gasteiger partial charge in [-0.15, -0.1) is 0 Å². The lowest BCUT2D eigenvalue weighted by atomic mass is 9.64. The molecule has 2 heterocycles. The van der Waals surface area contributed by atoms with Crippen LogP contribution < -0.4 is 5.73 Å². The molecule has 2 aliphatic heterocycles. The van der Waals surface area contributed by atoms with Crippen molar-refractivity contribution >= 4 is 0 Å². The Morgan fingerprint density at radius 3 is 2.37 bits per heavy atom. The highest BCUT2D eigenvalue weighted by Crippen LogP contribution is 2.48. The number of hydrogen-bond acceptors (Lipinski definition) is 3. The zero-order valence-electron chi connectivity index (χ0n) is 12.5. The molecule has 19 heavy (non-hydrogen) atoms. The maximum atomic E-state index is 15.4. The van der Waals surface area contributed by atoms with Crippen LogP contribution >= 0.6 is 0 Å². The average Bonchev–Trinajstić information content (AvgIpc) is 2.37. The Labute approximate surface area is 116 Å². The third kappa shape index (κ3) is 2.81. The molecule has 4 heteroatoms. The third-order valence-electron chi connectivity index (χ3n) is 5.09. The Kier molecular flexibility index (Phi) is 4.24. The maximum absolute atomic E-state index is 15.4. The van der Waals surface area contributed by atoms with E-state index < -0.39 is 11.1 Å². The summed E-state index contributed by atoms with van der Waals surface area (Å²) in [6, 6.07) is 0. The zero-order chi connectivity index (χ0) is 14.1. The first-order valence-corrected chi connectivity index (χ1v) is 7.44. The van der Waals surface area contributed by atoms with Gasteiger partial charge in [0.25, 0.3) is 0 Å². The number of hydrogen-bond donors (Lipinski definition) is 1. The largest absolute Gasteiger partial charge is 0.381 e. The molecule has 0 radical (unpaired) electrons. The molecule has 2 saturated heterocycles. The van der Waals surface area contributed by atoms with Crippen LogP contribution in [0.25, 0.3) is 0 Å². The summed E-state index contributed by atoms with van der Waals surface area (Å²) in [4.78, 5) is 0. The lowest BCUT2D eigenvalue weighted by Gasteiger charge is -2.50. The van der Waals surface area contributed by atoms with Gasteiger partial charge in [-0.1, -0.05) is 20.8 Å². The molecule has 0 amide bonds. The fourth-order valence-corrected chi connectivity index (χ4v) is 3.60. The Bertz CT molecular complexity index is 304. The molecule has 2 rings (SSSR count). The van der Waals surface area contributed by atoms with E-state index in [1.165, 1.54) is 0 Å². The van der Waals surface area contributed by atoms with Crippen LogP contribution in [-0.4, -0.2) is 37.6 Å². The molecule has 0 aromatic heterocycles. The van der Waals surface area contributed by atoms with Crippen molar-refractivity contribution < 1.29 is 13.9 Å². The summed E-state index contributed by atoms with van der Waals surface area (Å²) in [5.74, 6) is -0.00986. The first-order chi connectivity index (χ1) is 8.83. The molecule has 0 aromatic carbocycles. The molecule has 112 valence electrons. The number of rotatable bonds is 2. The quantitative estimate of drug-likeness (QED) is 0.841. The minimum atomic E-state index is -1.32. The molecule has 0 bridgehead atoms. The topological polar surface area (TPSA) is 44.5 Å². The standard InChI is InChI=1S/C15H28FNO2/c1-13(2,3)15(16,11-17)12-4-7-19-14(10-12)5-8-18-9-6-14/h12H,4-11,17H2,1-3H3. The molecule has 1 spiro atoms. The summed E-state index contributed by atoms with van der Waals surface area (Å²) in [5.41, 5.74) is 3.88. The molecular weight excluding hydrogens is 245 g/mol. The Balaban J connectivity index is 2.16. The van der Waals surface area contributed by atoms with Gasteiger partial charge in [-0.05, 0) is 37.0 Å². The van der Waals surface area contributed by atoms with E-state index in [-0.39, 0.29) is 18.1 Å². The first-order valence-electron chi connectivity index (χ1n) is 7.44. The molecule has 2 atom stereocenters. The summed E-state index contributed by atoms with van der Waals surface area (Å²) in [6.45, 7) is 8.04. The molecule has 2 fully saturated rings. The molecule has 2 unspecified atom stereocenters. The molecule has 2 aliphatic rings. The first kappa shape index (κ1) is 15.2. The Hall–Kier alpha value is -0.190. The number of alkyl halides is 1. The number of ether oxygens (including phenoxy) is 2. The second-order valence-corrected chi connectivity index (χ2v) is 7.15. The lowest BCUT2D eigenvalue weighted by molar-refractivity contribution is -0.174. The predicted molar refractivity (Wildman–Crippen MR) is 73.8 cm³/mol. The van der Waals surface area contributed by atoms with Gasteiger partial charge in [0.2, 0.25) is 0 Å². The number of halogens is 1. The Morgan fingerprint density at radius 2 is 1.84 bits per heavy atom. The fourth-order valence-electron chi connectivity index (χ4n) is 3.60. The van der Waals surface area contributed by atoms with E-state index in [4.69, 9.17) is 15.2 Å². The van der Waals surface area contributed by atoms with Gasteiger partial charge in [-0.3, -0.25) is 0 Å². The van der Waals surface area contributed by atoms with Crippen molar-refractivity contribution in [1.29, 1.82) is 0 Å². The van der Waals surface area contributed by atoms with Gasteiger partial charge in [0.1, 0.15) is 5.67 Å². The summed E-state index contributed by atoms with van der Waals surface area (Å²) in [6.07, 6.45) is 3.32. The predicted octanol–water partition coefficient (Wildman–Crippen LogP) is 2.68. The van der Waals surface area contributed by atoms with Crippen molar-refractivity contribution in [3.8, 4) is 0 Å². The van der Waals surface area contributed by atoms with Gasteiger partial charge in [0.05, 0.1) is 5.60 Å². The normalized spacial score (nSPS) is 31.1. The van der Waals surface area contributed by atoms with Crippen molar-refractivity contribution in [2.24, 2.45) is 17.1 Å². The highest BCUT2D eigenvalue weighted by molar-refractivity contribution is 5.02. The second kappa shape index (κ2) is 5.30. The van der Waals surface area contributed by atoms with Crippen LogP contribution in [0.3, 0.4) is 0 Å². The summed E-state index contributed by atoms with van der Waals surface area (Å²) >= 11 is 0. The summed E-state index contributed by atoms with van der Waals surface area (Å²) < 4.78 is 26.9. The van der Waals surface area contributed by atoms with E-state index in [0.717, 1.165) is 38.9 Å². The van der Waals surface area contributed by atoms with Crippen LogP contribution in [0.1, 0.15) is 46.5 Å². The average molecular weight is 273 g/mol. The van der Waals surface area contributed by atoms with Gasteiger partial charge in [-0.2, -0.15) is 0 Å². The van der Waals surface area contributed by atoms with Crippen LogP contribution in [0, 0.1) is 11.3 Å². The molecule has 3 nitrogen and oxygen atoms in total. The van der Waals surface area contributed by atoms with E-state index in [1.807, 2.05) is 20.8 Å². The maximum Gasteiger partial charge on any atom is 0.130 e. The van der Waals surface area contributed by atoms with Crippen LogP contribution in [-0.2, 0) is 9.47 Å². The zero-order valence-corrected chi connectivity index (χ0v) is 12.5. The van der Waals surface area contributed by atoms with E-state index in [9.17, 15) is 0 Å². The second-order valence-electron chi connectivity index (χ2n) is 7.15. The van der Waals surface area contributed by atoms with Crippen molar-refractivity contribution in [3.63, 3.8) is 0 Å². The fraction of sp³-hybridized carbons (Fsp3) is 1.00. The van der Waals surface area contributed by atoms with Crippen molar-refractivity contribution in [1.82, 2.24) is 0 Å². The highest BCUT2D eigenvalue weighted by Gasteiger charge is 2.52. The van der Waals surface area contributed by atoms with Gasteiger partial charge < -0.3 is 15.2 Å². The molecule has 0 saturated carbocycles. The van der Waals surface area contributed by atoms with E-state index in [2.05, 4.69) is 0 Å². The van der Waals surface area contributed by atoms with E-state index in [1.54, 1.807) is 0 Å². The third-order valence-corrected chi connectivity index (χ3v) is 5.09. The smallest absolute Gasteiger partial charge is 0.130 e. The van der Waals surface area contributed by atoms with Gasteiger partial charge in [-0.25, -0.2) is 4.39 Å². The minimum Gasteiger partial charge on any atom is -0.381 e. The van der Waals surface area contributed by atoms with Crippen molar-refractivity contribution in [2.75, 3.05) is 26.4 Å². The Morgan fingerprint density at radius 1 is 1.21 bits per heavy atom.